The zero-order chi connectivity index (χ0) is 17.3. The zero-order valence-electron chi connectivity index (χ0n) is 14.4. The Morgan fingerprint density at radius 3 is 2.54 bits per heavy atom. The maximum atomic E-state index is 14.2. The Bertz CT molecular complexity index is 604. The van der Waals surface area contributed by atoms with Gasteiger partial charge in [-0.1, -0.05) is 6.92 Å². The van der Waals surface area contributed by atoms with Gasteiger partial charge in [-0.2, -0.15) is 0 Å². The van der Waals surface area contributed by atoms with Crippen molar-refractivity contribution in [2.45, 2.75) is 33.0 Å². The van der Waals surface area contributed by atoms with Crippen LogP contribution < -0.4 is 10.2 Å². The van der Waals surface area contributed by atoms with Gasteiger partial charge in [-0.15, -0.1) is 0 Å². The first-order valence-electron chi connectivity index (χ1n) is 8.56. The topological polar surface area (TPSA) is 50.8 Å². The van der Waals surface area contributed by atoms with Crippen LogP contribution in [0.2, 0.25) is 0 Å². The number of ether oxygens (including phenoxy) is 2. The number of halogens is 1. The Balaban J connectivity index is 1.74. The van der Waals surface area contributed by atoms with Crippen LogP contribution in [0.1, 0.15) is 20.8 Å². The molecule has 1 N–H and O–H groups in total. The summed E-state index contributed by atoms with van der Waals surface area (Å²) in [6.45, 7) is 8.41. The number of benzene rings is 1. The second-order valence-electron chi connectivity index (χ2n) is 6.69. The number of hydrogen-bond acceptors (Lipinski definition) is 4. The quantitative estimate of drug-likeness (QED) is 0.922. The van der Waals surface area contributed by atoms with Crippen LogP contribution in [0.3, 0.4) is 0 Å². The van der Waals surface area contributed by atoms with E-state index in [4.69, 9.17) is 9.47 Å². The van der Waals surface area contributed by atoms with Crippen LogP contribution >= 0.6 is 0 Å². The average molecular weight is 336 g/mol. The van der Waals surface area contributed by atoms with Crippen LogP contribution in [0.25, 0.3) is 0 Å². The number of amides is 1. The molecule has 1 aromatic carbocycles. The van der Waals surface area contributed by atoms with Crippen molar-refractivity contribution in [2.24, 2.45) is 11.8 Å². The van der Waals surface area contributed by atoms with E-state index in [0.29, 0.717) is 37.7 Å². The third kappa shape index (κ3) is 3.39. The first-order valence-corrected chi connectivity index (χ1v) is 8.56. The Morgan fingerprint density at radius 1 is 1.21 bits per heavy atom. The number of morpholine rings is 1. The van der Waals surface area contributed by atoms with Crippen LogP contribution in [0.5, 0.6) is 0 Å². The van der Waals surface area contributed by atoms with Crippen molar-refractivity contribution in [3.8, 4) is 0 Å². The minimum atomic E-state index is -0.283. The standard InChI is InChI=1S/C18H25FN2O3/c1-11-12(2)24-13(3)17(11)18(22)20-14-4-5-15(19)16(10-14)21-6-8-23-9-7-21/h4-5,10-13,17H,6-9H2,1-3H3,(H,20,22). The van der Waals surface area contributed by atoms with E-state index < -0.39 is 0 Å². The van der Waals surface area contributed by atoms with Crippen molar-refractivity contribution in [1.29, 1.82) is 0 Å². The molecule has 0 bridgehead atoms. The average Bonchev–Trinajstić information content (AvgIpc) is 2.82. The van der Waals surface area contributed by atoms with E-state index in [0.717, 1.165) is 0 Å². The maximum absolute atomic E-state index is 14.2. The van der Waals surface area contributed by atoms with Crippen LogP contribution in [0.4, 0.5) is 15.8 Å². The van der Waals surface area contributed by atoms with Crippen molar-refractivity contribution < 1.29 is 18.7 Å². The lowest BCUT2D eigenvalue weighted by atomic mass is 9.89. The molecule has 132 valence electrons. The van der Waals surface area contributed by atoms with Gasteiger partial charge in [0.25, 0.3) is 0 Å². The van der Waals surface area contributed by atoms with Gasteiger partial charge in [-0.3, -0.25) is 4.79 Å². The van der Waals surface area contributed by atoms with E-state index >= 15 is 0 Å². The predicted molar refractivity (Wildman–Crippen MR) is 90.7 cm³/mol. The van der Waals surface area contributed by atoms with Gasteiger partial charge in [0.2, 0.25) is 5.91 Å². The van der Waals surface area contributed by atoms with Gasteiger partial charge in [0.15, 0.2) is 0 Å². The highest BCUT2D eigenvalue weighted by molar-refractivity contribution is 5.93. The largest absolute Gasteiger partial charge is 0.378 e. The summed E-state index contributed by atoms with van der Waals surface area (Å²) in [5, 5.41) is 2.93. The molecule has 4 unspecified atom stereocenters. The first-order chi connectivity index (χ1) is 11.5. The highest BCUT2D eigenvalue weighted by Gasteiger charge is 2.41. The lowest BCUT2D eigenvalue weighted by molar-refractivity contribution is -0.121. The van der Waals surface area contributed by atoms with Crippen LogP contribution in [-0.2, 0) is 14.3 Å². The summed E-state index contributed by atoms with van der Waals surface area (Å²) in [4.78, 5) is 14.6. The second kappa shape index (κ2) is 7.07. The molecule has 2 heterocycles. The molecule has 2 aliphatic heterocycles. The summed E-state index contributed by atoms with van der Waals surface area (Å²) in [7, 11) is 0. The van der Waals surface area contributed by atoms with Gasteiger partial charge in [-0.25, -0.2) is 4.39 Å². The van der Waals surface area contributed by atoms with Gasteiger partial charge in [-0.05, 0) is 38.0 Å². The molecule has 4 atom stereocenters. The van der Waals surface area contributed by atoms with Crippen molar-refractivity contribution in [1.82, 2.24) is 0 Å². The Morgan fingerprint density at radius 2 is 1.92 bits per heavy atom. The number of nitrogens with one attached hydrogen (secondary N) is 1. The molecular weight excluding hydrogens is 311 g/mol. The highest BCUT2D eigenvalue weighted by atomic mass is 19.1. The lowest BCUT2D eigenvalue weighted by Crippen LogP contribution is -2.37. The summed E-state index contributed by atoms with van der Waals surface area (Å²) in [5.41, 5.74) is 1.12. The summed E-state index contributed by atoms with van der Waals surface area (Å²) < 4.78 is 25.2. The summed E-state index contributed by atoms with van der Waals surface area (Å²) >= 11 is 0. The van der Waals surface area contributed by atoms with Crippen LogP contribution in [-0.4, -0.2) is 44.4 Å². The number of hydrogen-bond donors (Lipinski definition) is 1. The van der Waals surface area contributed by atoms with Gasteiger partial charge in [0, 0.05) is 18.8 Å². The SMILES string of the molecule is CC1OC(C)C(C(=O)Nc2ccc(F)c(N3CCOCC3)c2)C1C. The molecule has 1 aromatic rings. The normalized spacial score (nSPS) is 30.4. The molecule has 2 aliphatic rings. The lowest BCUT2D eigenvalue weighted by Gasteiger charge is -2.29. The Labute approximate surface area is 142 Å². The van der Waals surface area contributed by atoms with E-state index in [9.17, 15) is 9.18 Å². The molecule has 1 amide bonds. The van der Waals surface area contributed by atoms with Crippen LogP contribution in [0.15, 0.2) is 18.2 Å². The fourth-order valence-electron chi connectivity index (χ4n) is 3.58. The molecule has 2 saturated heterocycles. The molecule has 0 aromatic heterocycles. The smallest absolute Gasteiger partial charge is 0.230 e. The monoisotopic (exact) mass is 336 g/mol. The molecule has 24 heavy (non-hydrogen) atoms. The van der Waals surface area contributed by atoms with Gasteiger partial charge < -0.3 is 19.7 Å². The van der Waals surface area contributed by atoms with Crippen molar-refractivity contribution in [3.05, 3.63) is 24.0 Å². The number of carbonyl (C=O) groups is 1. The number of rotatable bonds is 3. The molecule has 0 spiro atoms. The van der Waals surface area contributed by atoms with Crippen molar-refractivity contribution in [2.75, 3.05) is 36.5 Å². The summed E-state index contributed by atoms with van der Waals surface area (Å²) in [5.74, 6) is -0.399. The van der Waals surface area contributed by atoms with E-state index in [1.54, 1.807) is 12.1 Å². The minimum Gasteiger partial charge on any atom is -0.378 e. The van der Waals surface area contributed by atoms with E-state index in [-0.39, 0.29) is 35.8 Å². The Kier molecular flexibility index (Phi) is 5.06. The summed E-state index contributed by atoms with van der Waals surface area (Å²) in [6, 6.07) is 4.71. The zero-order valence-corrected chi connectivity index (χ0v) is 14.4. The summed E-state index contributed by atoms with van der Waals surface area (Å²) in [6.07, 6.45) is -0.0537. The molecule has 3 rings (SSSR count). The Hall–Kier alpha value is -1.66. The van der Waals surface area contributed by atoms with Crippen molar-refractivity contribution in [3.63, 3.8) is 0 Å². The van der Waals surface area contributed by atoms with E-state index in [2.05, 4.69) is 5.32 Å². The molecule has 2 fully saturated rings. The third-order valence-electron chi connectivity index (χ3n) is 5.11. The molecule has 6 heteroatoms. The fourth-order valence-corrected chi connectivity index (χ4v) is 3.58. The highest BCUT2D eigenvalue weighted by Crippen LogP contribution is 2.33. The van der Waals surface area contributed by atoms with E-state index in [1.165, 1.54) is 6.07 Å². The predicted octanol–water partition coefficient (Wildman–Crippen LogP) is 2.66. The molecule has 0 radical (unpaired) electrons. The number of carbonyl (C=O) groups excluding carboxylic acids is 1. The maximum Gasteiger partial charge on any atom is 0.230 e. The molecular formula is C18H25FN2O3. The molecule has 0 aliphatic carbocycles. The number of anilines is 2. The van der Waals surface area contributed by atoms with Crippen LogP contribution in [0, 0.1) is 17.7 Å². The minimum absolute atomic E-state index is 0.0629. The van der Waals surface area contributed by atoms with E-state index in [1.807, 2.05) is 25.7 Å². The molecule has 5 nitrogen and oxygen atoms in total. The molecule has 0 saturated carbocycles. The van der Waals surface area contributed by atoms with Gasteiger partial charge in [0.1, 0.15) is 5.82 Å². The van der Waals surface area contributed by atoms with Gasteiger partial charge >= 0.3 is 0 Å². The first kappa shape index (κ1) is 17.2. The number of nitrogens with zero attached hydrogens (tertiary/aromatic N) is 1. The second-order valence-corrected chi connectivity index (χ2v) is 6.69. The van der Waals surface area contributed by atoms with Crippen molar-refractivity contribution >= 4 is 17.3 Å². The fraction of sp³-hybridized carbons (Fsp3) is 0.611. The third-order valence-corrected chi connectivity index (χ3v) is 5.11. The van der Waals surface area contributed by atoms with Gasteiger partial charge in [0.05, 0.1) is 37.0 Å².